The van der Waals surface area contributed by atoms with Crippen LogP contribution in [0.3, 0.4) is 0 Å². The van der Waals surface area contributed by atoms with Crippen LogP contribution in [0.1, 0.15) is 29.9 Å². The Morgan fingerprint density at radius 2 is 1.87 bits per heavy atom. The van der Waals surface area contributed by atoms with E-state index in [2.05, 4.69) is 58.4 Å². The van der Waals surface area contributed by atoms with E-state index < -0.39 is 0 Å². The molecule has 0 N–H and O–H groups in total. The number of piperidine rings is 1. The van der Waals surface area contributed by atoms with Gasteiger partial charge >= 0.3 is 0 Å². The van der Waals surface area contributed by atoms with Crippen LogP contribution < -0.4 is 0 Å². The molecule has 23 heavy (non-hydrogen) atoms. The highest BCUT2D eigenvalue weighted by Crippen LogP contribution is 2.28. The van der Waals surface area contributed by atoms with E-state index in [4.69, 9.17) is 0 Å². The maximum Gasteiger partial charge on any atom is 0.0812 e. The predicted molar refractivity (Wildman–Crippen MR) is 98.2 cm³/mol. The van der Waals surface area contributed by atoms with Gasteiger partial charge in [-0.25, -0.2) is 4.98 Å². The molecular formula is C20H22N2S. The monoisotopic (exact) mass is 322 g/mol. The van der Waals surface area contributed by atoms with Crippen LogP contribution in [0.15, 0.2) is 54.0 Å². The first-order valence-electron chi connectivity index (χ1n) is 8.48. The van der Waals surface area contributed by atoms with Gasteiger partial charge in [-0.3, -0.25) is 0 Å². The third kappa shape index (κ3) is 3.46. The van der Waals surface area contributed by atoms with Crippen molar-refractivity contribution < 1.29 is 0 Å². The summed E-state index contributed by atoms with van der Waals surface area (Å²) in [6.07, 6.45) is 3.72. The van der Waals surface area contributed by atoms with E-state index in [-0.39, 0.29) is 0 Å². The Bertz CT molecular complexity index is 757. The zero-order chi connectivity index (χ0) is 15.5. The third-order valence-electron chi connectivity index (χ3n) is 4.97. The van der Waals surface area contributed by atoms with Crippen LogP contribution in [-0.4, -0.2) is 29.5 Å². The van der Waals surface area contributed by atoms with Crippen molar-refractivity contribution in [2.24, 2.45) is 0 Å². The van der Waals surface area contributed by atoms with E-state index in [1.807, 2.05) is 5.51 Å². The molecule has 0 unspecified atom stereocenters. The van der Waals surface area contributed by atoms with E-state index in [0.717, 1.165) is 17.9 Å². The second-order valence-corrected chi connectivity index (χ2v) is 7.32. The Morgan fingerprint density at radius 3 is 2.70 bits per heavy atom. The number of aromatic nitrogens is 1. The van der Waals surface area contributed by atoms with Gasteiger partial charge in [-0.05, 0) is 61.5 Å². The van der Waals surface area contributed by atoms with Crippen LogP contribution in [0.25, 0.3) is 10.2 Å². The molecule has 2 heterocycles. The normalized spacial score (nSPS) is 16.9. The van der Waals surface area contributed by atoms with Gasteiger partial charge in [-0.2, -0.15) is 0 Å². The lowest BCUT2D eigenvalue weighted by atomic mass is 9.89. The molecule has 118 valence electrons. The Morgan fingerprint density at radius 1 is 1.04 bits per heavy atom. The van der Waals surface area contributed by atoms with E-state index in [0.29, 0.717) is 0 Å². The van der Waals surface area contributed by atoms with Crippen LogP contribution >= 0.6 is 11.3 Å². The number of thiazole rings is 1. The molecule has 1 fully saturated rings. The van der Waals surface area contributed by atoms with Crippen molar-refractivity contribution in [3.63, 3.8) is 0 Å². The molecule has 1 aliphatic rings. The summed E-state index contributed by atoms with van der Waals surface area (Å²) >= 11 is 1.74. The van der Waals surface area contributed by atoms with E-state index >= 15 is 0 Å². The third-order valence-corrected chi connectivity index (χ3v) is 5.76. The maximum absolute atomic E-state index is 4.36. The Hall–Kier alpha value is -1.71. The average Bonchev–Trinajstić information content (AvgIpc) is 3.09. The molecule has 2 aromatic carbocycles. The topological polar surface area (TPSA) is 16.1 Å². The van der Waals surface area contributed by atoms with Gasteiger partial charge in [0.1, 0.15) is 0 Å². The molecule has 0 amide bonds. The molecule has 0 bridgehead atoms. The standard InChI is InChI=1S/C20H22N2S/c1-2-4-17(5-3-1)18-9-12-22(13-10-18)11-8-16-6-7-19-20(14-16)23-15-21-19/h1-7,14-15,18H,8-13H2. The number of hydrogen-bond acceptors (Lipinski definition) is 3. The van der Waals surface area contributed by atoms with Gasteiger partial charge in [0, 0.05) is 6.54 Å². The van der Waals surface area contributed by atoms with E-state index in [1.165, 1.54) is 48.3 Å². The highest BCUT2D eigenvalue weighted by molar-refractivity contribution is 7.16. The summed E-state index contributed by atoms with van der Waals surface area (Å²) in [7, 11) is 0. The molecule has 1 saturated heterocycles. The van der Waals surface area contributed by atoms with Crippen molar-refractivity contribution in [2.75, 3.05) is 19.6 Å². The van der Waals surface area contributed by atoms with Gasteiger partial charge < -0.3 is 4.90 Å². The summed E-state index contributed by atoms with van der Waals surface area (Å²) in [5.74, 6) is 0.751. The lowest BCUT2D eigenvalue weighted by molar-refractivity contribution is 0.214. The highest BCUT2D eigenvalue weighted by Gasteiger charge is 2.20. The van der Waals surface area contributed by atoms with Crippen molar-refractivity contribution >= 4 is 21.6 Å². The molecule has 4 rings (SSSR count). The fourth-order valence-corrected chi connectivity index (χ4v) is 4.30. The number of hydrogen-bond donors (Lipinski definition) is 0. The first-order valence-corrected chi connectivity index (χ1v) is 9.36. The van der Waals surface area contributed by atoms with Crippen molar-refractivity contribution in [1.82, 2.24) is 9.88 Å². The zero-order valence-corrected chi connectivity index (χ0v) is 14.1. The van der Waals surface area contributed by atoms with Gasteiger partial charge in [0.25, 0.3) is 0 Å². The minimum absolute atomic E-state index is 0.751. The second kappa shape index (κ2) is 6.81. The van der Waals surface area contributed by atoms with Crippen LogP contribution in [-0.2, 0) is 6.42 Å². The molecule has 0 aliphatic carbocycles. The van der Waals surface area contributed by atoms with E-state index in [9.17, 15) is 0 Å². The number of benzene rings is 2. The predicted octanol–water partition coefficient (Wildman–Crippen LogP) is 4.72. The molecule has 3 heteroatoms. The largest absolute Gasteiger partial charge is 0.303 e. The Kier molecular flexibility index (Phi) is 4.40. The summed E-state index contributed by atoms with van der Waals surface area (Å²) in [5.41, 5.74) is 6.01. The first-order chi connectivity index (χ1) is 11.4. The number of rotatable bonds is 4. The summed E-state index contributed by atoms with van der Waals surface area (Å²) in [5, 5.41) is 0. The fourth-order valence-electron chi connectivity index (χ4n) is 3.56. The summed E-state index contributed by atoms with van der Waals surface area (Å²) in [6, 6.07) is 17.7. The summed E-state index contributed by atoms with van der Waals surface area (Å²) in [6.45, 7) is 3.62. The lowest BCUT2D eigenvalue weighted by Crippen LogP contribution is -2.34. The first kappa shape index (κ1) is 14.9. The zero-order valence-electron chi connectivity index (χ0n) is 13.3. The van der Waals surface area contributed by atoms with Gasteiger partial charge in [0.05, 0.1) is 15.7 Å². The maximum atomic E-state index is 4.36. The number of fused-ring (bicyclic) bond motifs is 1. The minimum Gasteiger partial charge on any atom is -0.303 e. The van der Waals surface area contributed by atoms with Gasteiger partial charge in [-0.15, -0.1) is 11.3 Å². The SMILES string of the molecule is c1ccc(C2CCN(CCc3ccc4ncsc4c3)CC2)cc1. The minimum atomic E-state index is 0.751. The number of nitrogens with zero attached hydrogens (tertiary/aromatic N) is 2. The molecule has 1 aliphatic heterocycles. The quantitative estimate of drug-likeness (QED) is 0.691. The van der Waals surface area contributed by atoms with Crippen molar-refractivity contribution in [2.45, 2.75) is 25.2 Å². The smallest absolute Gasteiger partial charge is 0.0812 e. The van der Waals surface area contributed by atoms with Crippen molar-refractivity contribution in [3.8, 4) is 0 Å². The van der Waals surface area contributed by atoms with Crippen LogP contribution in [0.2, 0.25) is 0 Å². The molecule has 0 atom stereocenters. The Labute approximate surface area is 141 Å². The van der Waals surface area contributed by atoms with E-state index in [1.54, 1.807) is 11.3 Å². The molecule has 3 aromatic rings. The summed E-state index contributed by atoms with van der Waals surface area (Å²) in [4.78, 5) is 6.98. The molecule has 2 nitrogen and oxygen atoms in total. The van der Waals surface area contributed by atoms with Gasteiger partial charge in [0.2, 0.25) is 0 Å². The molecule has 0 spiro atoms. The second-order valence-electron chi connectivity index (χ2n) is 6.43. The van der Waals surface area contributed by atoms with Gasteiger partial charge in [-0.1, -0.05) is 36.4 Å². The summed E-state index contributed by atoms with van der Waals surface area (Å²) < 4.78 is 1.31. The Balaban J connectivity index is 1.31. The highest BCUT2D eigenvalue weighted by atomic mass is 32.1. The average molecular weight is 322 g/mol. The molecular weight excluding hydrogens is 300 g/mol. The van der Waals surface area contributed by atoms with Crippen LogP contribution in [0, 0.1) is 0 Å². The van der Waals surface area contributed by atoms with Crippen molar-refractivity contribution in [3.05, 3.63) is 65.2 Å². The fraction of sp³-hybridized carbons (Fsp3) is 0.350. The molecule has 1 aromatic heterocycles. The van der Waals surface area contributed by atoms with Gasteiger partial charge in [0.15, 0.2) is 0 Å². The molecule has 0 saturated carbocycles. The van der Waals surface area contributed by atoms with Crippen LogP contribution in [0.5, 0.6) is 0 Å². The van der Waals surface area contributed by atoms with Crippen molar-refractivity contribution in [1.29, 1.82) is 0 Å². The molecule has 0 radical (unpaired) electrons. The van der Waals surface area contributed by atoms with Crippen LogP contribution in [0.4, 0.5) is 0 Å². The number of likely N-dealkylation sites (tertiary alicyclic amines) is 1. The lowest BCUT2D eigenvalue weighted by Gasteiger charge is -2.32.